The number of carbonyl (C=O) groups is 1. The minimum absolute atomic E-state index is 0.0842. The number of aryl methyl sites for hydroxylation is 2. The fourth-order valence-electron chi connectivity index (χ4n) is 2.59. The first-order valence-corrected chi connectivity index (χ1v) is 7.55. The summed E-state index contributed by atoms with van der Waals surface area (Å²) in [5.74, 6) is 1.24. The molecule has 1 amide bonds. The highest BCUT2D eigenvalue weighted by Gasteiger charge is 2.14. The fourth-order valence-corrected chi connectivity index (χ4v) is 2.59. The van der Waals surface area contributed by atoms with Gasteiger partial charge in [-0.15, -0.1) is 0 Å². The third-order valence-corrected chi connectivity index (χ3v) is 3.74. The highest BCUT2D eigenvalue weighted by molar-refractivity contribution is 5.94. The predicted octanol–water partition coefficient (Wildman–Crippen LogP) is 3.81. The van der Waals surface area contributed by atoms with Crippen LogP contribution in [-0.2, 0) is 0 Å². The Hall–Kier alpha value is -2.49. The second-order valence-electron chi connectivity index (χ2n) is 5.69. The third kappa shape index (κ3) is 4.03. The van der Waals surface area contributed by atoms with Crippen LogP contribution in [0.5, 0.6) is 11.5 Å². The zero-order valence-corrected chi connectivity index (χ0v) is 14.3. The van der Waals surface area contributed by atoms with Crippen LogP contribution >= 0.6 is 0 Å². The van der Waals surface area contributed by atoms with E-state index in [9.17, 15) is 4.79 Å². The summed E-state index contributed by atoms with van der Waals surface area (Å²) in [6, 6.07) is 11.3. The molecule has 2 aromatic carbocycles. The average Bonchev–Trinajstić information content (AvgIpc) is 2.53. The molecule has 2 aromatic rings. The Morgan fingerprint density at radius 2 is 1.57 bits per heavy atom. The summed E-state index contributed by atoms with van der Waals surface area (Å²) in [5.41, 5.74) is 3.79. The largest absolute Gasteiger partial charge is 0.493 e. The second-order valence-corrected chi connectivity index (χ2v) is 5.69. The molecule has 0 bridgehead atoms. The first-order valence-electron chi connectivity index (χ1n) is 7.55. The normalized spacial score (nSPS) is 11.7. The Morgan fingerprint density at radius 3 is 2.13 bits per heavy atom. The van der Waals surface area contributed by atoms with Gasteiger partial charge in [0.2, 0.25) is 0 Å². The Kier molecular flexibility index (Phi) is 5.27. The van der Waals surface area contributed by atoms with E-state index in [0.29, 0.717) is 17.1 Å². The van der Waals surface area contributed by atoms with Crippen LogP contribution in [0.25, 0.3) is 0 Å². The van der Waals surface area contributed by atoms with Gasteiger partial charge in [0.25, 0.3) is 5.91 Å². The van der Waals surface area contributed by atoms with Gasteiger partial charge in [0.05, 0.1) is 20.3 Å². The second kappa shape index (κ2) is 7.18. The molecule has 122 valence electrons. The fraction of sp³-hybridized carbons (Fsp3) is 0.316. The molecule has 0 aliphatic carbocycles. The maximum atomic E-state index is 12.4. The number of amides is 1. The molecule has 0 aliphatic heterocycles. The number of hydrogen-bond donors (Lipinski definition) is 1. The zero-order valence-electron chi connectivity index (χ0n) is 14.3. The molecule has 4 nitrogen and oxygen atoms in total. The van der Waals surface area contributed by atoms with Crippen molar-refractivity contribution in [2.75, 3.05) is 14.2 Å². The van der Waals surface area contributed by atoms with E-state index >= 15 is 0 Å². The van der Waals surface area contributed by atoms with E-state index in [2.05, 4.69) is 11.4 Å². The average molecular weight is 313 g/mol. The molecule has 1 N–H and O–H groups in total. The van der Waals surface area contributed by atoms with Crippen molar-refractivity contribution < 1.29 is 14.3 Å². The quantitative estimate of drug-likeness (QED) is 0.913. The maximum Gasteiger partial charge on any atom is 0.251 e. The van der Waals surface area contributed by atoms with Crippen LogP contribution in [-0.4, -0.2) is 20.1 Å². The lowest BCUT2D eigenvalue weighted by atomic mass is 10.0. The first kappa shape index (κ1) is 16.9. The van der Waals surface area contributed by atoms with E-state index in [0.717, 1.165) is 16.7 Å². The summed E-state index contributed by atoms with van der Waals surface area (Å²) >= 11 is 0. The predicted molar refractivity (Wildman–Crippen MR) is 91.3 cm³/mol. The lowest BCUT2D eigenvalue weighted by Crippen LogP contribution is -2.26. The topological polar surface area (TPSA) is 47.6 Å². The molecule has 0 unspecified atom stereocenters. The van der Waals surface area contributed by atoms with Gasteiger partial charge in [-0.05, 0) is 50.6 Å². The summed E-state index contributed by atoms with van der Waals surface area (Å²) in [5, 5.41) is 3.02. The van der Waals surface area contributed by atoms with Crippen molar-refractivity contribution >= 4 is 5.91 Å². The smallest absolute Gasteiger partial charge is 0.251 e. The van der Waals surface area contributed by atoms with Crippen LogP contribution in [0.3, 0.4) is 0 Å². The van der Waals surface area contributed by atoms with Crippen LogP contribution in [0.2, 0.25) is 0 Å². The Morgan fingerprint density at radius 1 is 0.957 bits per heavy atom. The Bertz CT molecular complexity index is 690. The van der Waals surface area contributed by atoms with Crippen LogP contribution in [0.4, 0.5) is 0 Å². The molecule has 0 heterocycles. The van der Waals surface area contributed by atoms with Crippen molar-refractivity contribution in [3.63, 3.8) is 0 Å². The van der Waals surface area contributed by atoms with Crippen molar-refractivity contribution in [1.82, 2.24) is 5.32 Å². The lowest BCUT2D eigenvalue weighted by molar-refractivity contribution is 0.0939. The van der Waals surface area contributed by atoms with Crippen LogP contribution in [0, 0.1) is 13.8 Å². The Balaban J connectivity index is 2.18. The molecule has 0 spiro atoms. The lowest BCUT2D eigenvalue weighted by Gasteiger charge is -2.17. The van der Waals surface area contributed by atoms with Crippen LogP contribution in [0.15, 0.2) is 36.4 Å². The van der Waals surface area contributed by atoms with Gasteiger partial charge >= 0.3 is 0 Å². The molecular formula is C19H23NO3. The number of carbonyl (C=O) groups excluding carboxylic acids is 1. The third-order valence-electron chi connectivity index (χ3n) is 3.74. The zero-order chi connectivity index (χ0) is 17.0. The highest BCUT2D eigenvalue weighted by Crippen LogP contribution is 2.30. The molecular weight excluding hydrogens is 290 g/mol. The molecule has 0 saturated carbocycles. The molecule has 0 saturated heterocycles. The van der Waals surface area contributed by atoms with Gasteiger partial charge in [-0.1, -0.05) is 23.3 Å². The Labute approximate surface area is 137 Å². The van der Waals surface area contributed by atoms with Crippen molar-refractivity contribution in [1.29, 1.82) is 0 Å². The van der Waals surface area contributed by atoms with Gasteiger partial charge in [-0.25, -0.2) is 0 Å². The molecule has 0 aliphatic rings. The van der Waals surface area contributed by atoms with E-state index in [4.69, 9.17) is 9.47 Å². The SMILES string of the molecule is COc1ccc([C@@H](C)NC(=O)c2cc(C)cc(C)c2)cc1OC. The number of benzene rings is 2. The van der Waals surface area contributed by atoms with Gasteiger partial charge in [0.15, 0.2) is 11.5 Å². The van der Waals surface area contributed by atoms with Crippen molar-refractivity contribution in [2.45, 2.75) is 26.8 Å². The summed E-state index contributed by atoms with van der Waals surface area (Å²) in [6.45, 7) is 5.92. The first-order chi connectivity index (χ1) is 10.9. The highest BCUT2D eigenvalue weighted by atomic mass is 16.5. The molecule has 2 rings (SSSR count). The summed E-state index contributed by atoms with van der Waals surface area (Å²) in [7, 11) is 3.20. The van der Waals surface area contributed by atoms with E-state index in [-0.39, 0.29) is 11.9 Å². The van der Waals surface area contributed by atoms with E-state index < -0.39 is 0 Å². The summed E-state index contributed by atoms with van der Waals surface area (Å²) in [6.07, 6.45) is 0. The minimum atomic E-state index is -0.136. The molecule has 4 heteroatoms. The van der Waals surface area contributed by atoms with E-state index in [1.807, 2.05) is 51.1 Å². The van der Waals surface area contributed by atoms with Gasteiger partial charge in [0.1, 0.15) is 0 Å². The van der Waals surface area contributed by atoms with Crippen molar-refractivity contribution in [2.24, 2.45) is 0 Å². The molecule has 0 radical (unpaired) electrons. The van der Waals surface area contributed by atoms with Gasteiger partial charge < -0.3 is 14.8 Å². The number of hydrogen-bond acceptors (Lipinski definition) is 3. The van der Waals surface area contributed by atoms with Crippen molar-refractivity contribution in [3.05, 3.63) is 58.7 Å². The van der Waals surface area contributed by atoms with Gasteiger partial charge in [-0.2, -0.15) is 0 Å². The molecule has 0 fully saturated rings. The van der Waals surface area contributed by atoms with E-state index in [1.165, 1.54) is 0 Å². The minimum Gasteiger partial charge on any atom is -0.493 e. The summed E-state index contributed by atoms with van der Waals surface area (Å²) < 4.78 is 10.5. The summed E-state index contributed by atoms with van der Waals surface area (Å²) in [4.78, 5) is 12.4. The molecule has 0 aromatic heterocycles. The van der Waals surface area contributed by atoms with Crippen LogP contribution in [0.1, 0.15) is 40.0 Å². The van der Waals surface area contributed by atoms with Gasteiger partial charge in [0, 0.05) is 5.56 Å². The number of nitrogens with one attached hydrogen (secondary N) is 1. The van der Waals surface area contributed by atoms with Gasteiger partial charge in [-0.3, -0.25) is 4.79 Å². The maximum absolute atomic E-state index is 12.4. The standard InChI is InChI=1S/C19H23NO3/c1-12-8-13(2)10-16(9-12)19(21)20-14(3)15-6-7-17(22-4)18(11-15)23-5/h6-11,14H,1-5H3,(H,20,21)/t14-/m1/s1. The number of methoxy groups -OCH3 is 2. The number of ether oxygens (including phenoxy) is 2. The van der Waals surface area contributed by atoms with Crippen LogP contribution < -0.4 is 14.8 Å². The molecule has 1 atom stereocenters. The van der Waals surface area contributed by atoms with Crippen molar-refractivity contribution in [3.8, 4) is 11.5 Å². The number of rotatable bonds is 5. The monoisotopic (exact) mass is 313 g/mol. The molecule has 23 heavy (non-hydrogen) atoms. The van der Waals surface area contributed by atoms with E-state index in [1.54, 1.807) is 14.2 Å².